The molecule has 0 unspecified atom stereocenters. The second kappa shape index (κ2) is 26.4. The molecule has 408 valence electrons. The normalized spacial score (nSPS) is 17.9. The highest BCUT2D eigenvalue weighted by atomic mass is 19.2. The van der Waals surface area contributed by atoms with Gasteiger partial charge in [-0.15, -0.1) is 0 Å². The van der Waals surface area contributed by atoms with Crippen LogP contribution in [0.5, 0.6) is 34.5 Å². The highest BCUT2D eigenvalue weighted by Crippen LogP contribution is 2.51. The van der Waals surface area contributed by atoms with Crippen molar-refractivity contribution in [3.8, 4) is 40.6 Å². The number of phenolic OH excluding ortho intramolecular Hbond substituents is 2. The van der Waals surface area contributed by atoms with Crippen molar-refractivity contribution in [1.82, 2.24) is 0 Å². The number of carbonyl (C=O) groups is 2. The van der Waals surface area contributed by atoms with E-state index in [-0.39, 0.29) is 39.7 Å². The summed E-state index contributed by atoms with van der Waals surface area (Å²) in [5.74, 6) is -2.33. The Morgan fingerprint density at radius 1 is 0.500 bits per heavy atom. The number of nitrogens with zero attached hydrogens (tertiary/aromatic N) is 1. The second-order valence-electron chi connectivity index (χ2n) is 22.2. The molecule has 2 fully saturated rings. The molecular formula is C67H75F2N3O6. The van der Waals surface area contributed by atoms with Crippen LogP contribution in [0, 0.1) is 34.8 Å². The van der Waals surface area contributed by atoms with E-state index in [2.05, 4.69) is 30.6 Å². The van der Waals surface area contributed by atoms with Crippen LogP contribution in [0.15, 0.2) is 103 Å². The average molecular weight is 1060 g/mol. The molecule has 3 aliphatic carbocycles. The number of hydrogen-bond acceptors (Lipinski definition) is 9. The van der Waals surface area contributed by atoms with E-state index < -0.39 is 45.8 Å². The maximum atomic E-state index is 15.2. The maximum Gasteiger partial charge on any atom is 0.200 e. The summed E-state index contributed by atoms with van der Waals surface area (Å²) in [6, 6.07) is 29.9. The molecule has 0 spiro atoms. The quantitative estimate of drug-likeness (QED) is 0.0344. The number of ether oxygens (including phenoxy) is 2. The van der Waals surface area contributed by atoms with Gasteiger partial charge in [-0.2, -0.15) is 5.26 Å². The fraction of sp³-hybridized carbons (Fsp3) is 0.418. The number of fused-ring (bicyclic) bond motifs is 2. The van der Waals surface area contributed by atoms with Gasteiger partial charge in [-0.1, -0.05) is 128 Å². The van der Waals surface area contributed by atoms with Crippen molar-refractivity contribution in [3.05, 3.63) is 154 Å². The van der Waals surface area contributed by atoms with Crippen molar-refractivity contribution in [2.24, 2.45) is 11.8 Å². The van der Waals surface area contributed by atoms with E-state index in [4.69, 9.17) is 9.47 Å². The van der Waals surface area contributed by atoms with Crippen LogP contribution in [0.3, 0.4) is 0 Å². The maximum absolute atomic E-state index is 15.2. The van der Waals surface area contributed by atoms with Gasteiger partial charge in [0.2, 0.25) is 11.6 Å². The number of ketones is 2. The van der Waals surface area contributed by atoms with Gasteiger partial charge >= 0.3 is 0 Å². The molecule has 9 rings (SSSR count). The van der Waals surface area contributed by atoms with Crippen molar-refractivity contribution in [2.75, 3.05) is 10.6 Å². The zero-order valence-electron chi connectivity index (χ0n) is 45.4. The van der Waals surface area contributed by atoms with Crippen molar-refractivity contribution in [2.45, 2.75) is 167 Å². The molecule has 78 heavy (non-hydrogen) atoms. The summed E-state index contributed by atoms with van der Waals surface area (Å²) in [5.41, 5.74) is 1.91. The predicted molar refractivity (Wildman–Crippen MR) is 306 cm³/mol. The van der Waals surface area contributed by atoms with E-state index in [1.807, 2.05) is 48.5 Å². The second-order valence-corrected chi connectivity index (χ2v) is 22.2. The Hall–Kier alpha value is -7.19. The molecule has 0 amide bonds. The number of halogens is 2. The number of aromatic hydroxyl groups is 2. The van der Waals surface area contributed by atoms with E-state index in [0.29, 0.717) is 34.6 Å². The molecule has 9 nitrogen and oxygen atoms in total. The lowest BCUT2D eigenvalue weighted by Crippen LogP contribution is -2.24. The van der Waals surface area contributed by atoms with Gasteiger partial charge in [0.1, 0.15) is 11.5 Å². The van der Waals surface area contributed by atoms with Crippen LogP contribution in [0.25, 0.3) is 0 Å². The monoisotopic (exact) mass is 1060 g/mol. The number of nitrogens with one attached hydrogen (secondary N) is 2. The Morgan fingerprint density at radius 3 is 1.33 bits per heavy atom. The number of carbonyl (C=O) groups excluding carboxylic acids is 2. The Balaban J connectivity index is 0.988. The molecular weight excluding hydrogens is 981 g/mol. The summed E-state index contributed by atoms with van der Waals surface area (Å²) in [7, 11) is 0. The molecule has 2 saturated carbocycles. The molecule has 0 radical (unpaired) electrons. The van der Waals surface area contributed by atoms with Gasteiger partial charge in [-0.3, -0.25) is 9.59 Å². The van der Waals surface area contributed by atoms with E-state index >= 15 is 9.59 Å². The molecule has 0 aliphatic heterocycles. The van der Waals surface area contributed by atoms with E-state index in [1.165, 1.54) is 145 Å². The lowest BCUT2D eigenvalue weighted by atomic mass is 9.77. The highest BCUT2D eigenvalue weighted by molar-refractivity contribution is 6.34. The summed E-state index contributed by atoms with van der Waals surface area (Å²) in [4.78, 5) is 30.5. The smallest absolute Gasteiger partial charge is 0.200 e. The Morgan fingerprint density at radius 2 is 0.910 bits per heavy atom. The van der Waals surface area contributed by atoms with Crippen molar-refractivity contribution < 1.29 is 38.1 Å². The minimum atomic E-state index is -1.15. The van der Waals surface area contributed by atoms with Gasteiger partial charge in [0.15, 0.2) is 34.6 Å². The molecule has 0 saturated heterocycles. The molecule has 6 aromatic rings. The standard InChI is InChI=1S/C67H75F2N3O6/c1-3-5-7-9-11-13-15-43-17-23-46(24-18-43)48-27-34-52(35-28-48)77-58-40-56(71-50-31-21-45(42-70)22-32-50)60-62(64(58)73)67(76)61-57(72-51-33-38-54(68)55(69)39-51)41-59(65(74)63(61)66(60)75)78-53-36-29-49(30-37-53)47-25-19-44(20-26-47)16-14-12-10-8-6-4-2/h21-22,27-41,43-44,46-47,71-74H,3-20,23-26H2,1-2H3. The number of benzene rings is 6. The van der Waals surface area contributed by atoms with Gasteiger partial charge in [0, 0.05) is 29.6 Å². The average Bonchev–Trinajstić information content (AvgIpc) is 3.59. The lowest BCUT2D eigenvalue weighted by molar-refractivity contribution is 0.0974. The predicted octanol–water partition coefficient (Wildman–Crippen LogP) is 19.1. The summed E-state index contributed by atoms with van der Waals surface area (Å²) in [6.07, 6.45) is 27.6. The van der Waals surface area contributed by atoms with Crippen molar-refractivity contribution in [3.63, 3.8) is 0 Å². The summed E-state index contributed by atoms with van der Waals surface area (Å²) >= 11 is 0. The first-order chi connectivity index (χ1) is 38.0. The first-order valence-corrected chi connectivity index (χ1v) is 29.0. The number of hydrogen-bond donors (Lipinski definition) is 4. The number of rotatable bonds is 24. The van der Waals surface area contributed by atoms with Crippen molar-refractivity contribution >= 4 is 34.3 Å². The van der Waals surface area contributed by atoms with Crippen LogP contribution in [-0.4, -0.2) is 21.8 Å². The van der Waals surface area contributed by atoms with Gasteiger partial charge in [0.05, 0.1) is 45.3 Å². The molecule has 0 aromatic heterocycles. The number of nitriles is 1. The highest BCUT2D eigenvalue weighted by Gasteiger charge is 2.41. The number of phenols is 2. The summed E-state index contributed by atoms with van der Waals surface area (Å²) in [5, 5.41) is 40.0. The molecule has 6 aromatic carbocycles. The summed E-state index contributed by atoms with van der Waals surface area (Å²) < 4.78 is 41.7. The first kappa shape index (κ1) is 55.6. The van der Waals surface area contributed by atoms with E-state index in [1.54, 1.807) is 24.3 Å². The first-order valence-electron chi connectivity index (χ1n) is 29.0. The largest absolute Gasteiger partial charge is 0.504 e. The molecule has 0 atom stereocenters. The minimum absolute atomic E-state index is 0.0407. The number of unbranched alkanes of at least 4 members (excludes halogenated alkanes) is 10. The van der Waals surface area contributed by atoms with Crippen LogP contribution in [0.2, 0.25) is 0 Å². The van der Waals surface area contributed by atoms with Gasteiger partial charge in [0.25, 0.3) is 0 Å². The zero-order chi connectivity index (χ0) is 54.5. The third-order valence-corrected chi connectivity index (χ3v) is 16.7. The van der Waals surface area contributed by atoms with Crippen LogP contribution < -0.4 is 20.1 Å². The molecule has 4 N–H and O–H groups in total. The lowest BCUT2D eigenvalue weighted by Gasteiger charge is -2.29. The third-order valence-electron chi connectivity index (χ3n) is 16.7. The third kappa shape index (κ3) is 13.4. The van der Waals surface area contributed by atoms with E-state index in [0.717, 1.165) is 49.7 Å². The fourth-order valence-corrected chi connectivity index (χ4v) is 12.2. The van der Waals surface area contributed by atoms with Gasteiger partial charge < -0.3 is 30.3 Å². The van der Waals surface area contributed by atoms with Gasteiger partial charge in [-0.05, 0) is 147 Å². The van der Waals surface area contributed by atoms with E-state index in [9.17, 15) is 24.3 Å². The topological polar surface area (TPSA) is 141 Å². The fourth-order valence-electron chi connectivity index (χ4n) is 12.2. The van der Waals surface area contributed by atoms with Crippen molar-refractivity contribution in [1.29, 1.82) is 5.26 Å². The SMILES string of the molecule is CCCCCCCCC1CCC(c2ccc(Oc3cc(Nc4ccc(C#N)cc4)c4c(c3O)C(=O)c3c(Nc5ccc(F)c(F)c5)cc(Oc5ccc(C6CCC(CCCCCCCC)CC6)cc5)c(O)c3C4=O)cc2)CC1. The van der Waals surface area contributed by atoms with Crippen LogP contribution in [-0.2, 0) is 0 Å². The Kier molecular flexibility index (Phi) is 18.8. The number of anilines is 4. The summed E-state index contributed by atoms with van der Waals surface area (Å²) in [6.45, 7) is 4.50. The Labute approximate surface area is 459 Å². The molecule has 11 heteroatoms. The zero-order valence-corrected chi connectivity index (χ0v) is 45.4. The Bertz CT molecular complexity index is 3060. The van der Waals surface area contributed by atoms with Crippen LogP contribution in [0.1, 0.15) is 215 Å². The van der Waals surface area contributed by atoms with Crippen LogP contribution in [0.4, 0.5) is 31.5 Å². The molecule has 0 heterocycles. The van der Waals surface area contributed by atoms with Crippen LogP contribution >= 0.6 is 0 Å². The van der Waals surface area contributed by atoms with Gasteiger partial charge in [-0.25, -0.2) is 8.78 Å². The molecule has 0 bridgehead atoms. The minimum Gasteiger partial charge on any atom is -0.504 e. The molecule has 3 aliphatic rings.